The van der Waals surface area contributed by atoms with Crippen molar-refractivity contribution in [2.24, 2.45) is 0 Å². The summed E-state index contributed by atoms with van der Waals surface area (Å²) in [4.78, 5) is 11.0. The van der Waals surface area contributed by atoms with Crippen LogP contribution in [0, 0.1) is 24.0 Å². The van der Waals surface area contributed by atoms with E-state index in [0.29, 0.717) is 22.5 Å². The van der Waals surface area contributed by atoms with Crippen molar-refractivity contribution in [2.75, 3.05) is 20.8 Å². The molecule has 1 heterocycles. The van der Waals surface area contributed by atoms with E-state index in [1.165, 1.54) is 18.9 Å². The van der Waals surface area contributed by atoms with Crippen LogP contribution in [0.4, 0.5) is 0 Å². The van der Waals surface area contributed by atoms with Crippen molar-refractivity contribution >= 4 is 11.8 Å². The van der Waals surface area contributed by atoms with E-state index < -0.39 is 5.25 Å². The fourth-order valence-electron chi connectivity index (χ4n) is 3.01. The highest BCUT2D eigenvalue weighted by atomic mass is 32.2. The fraction of sp³-hybridized carbons (Fsp3) is 0.300. The third-order valence-electron chi connectivity index (χ3n) is 4.40. The first-order chi connectivity index (χ1) is 13.9. The van der Waals surface area contributed by atoms with Gasteiger partial charge >= 0.3 is 0 Å². The van der Waals surface area contributed by atoms with Crippen molar-refractivity contribution in [3.05, 3.63) is 69.5 Å². The second-order valence-electron chi connectivity index (χ2n) is 6.44. The van der Waals surface area contributed by atoms with E-state index in [1.807, 2.05) is 48.7 Å². The normalized spacial score (nSPS) is 11.9. The average Bonchev–Trinajstić information content (AvgIpc) is 3.06. The highest BCUT2D eigenvalue weighted by Gasteiger charge is 2.25. The van der Waals surface area contributed by atoms with Crippen LogP contribution in [0.2, 0.25) is 0 Å². The van der Waals surface area contributed by atoms with Crippen molar-refractivity contribution in [3.8, 4) is 17.2 Å². The van der Waals surface area contributed by atoms with Crippen molar-refractivity contribution in [1.82, 2.24) is 14.8 Å². The molecule has 8 nitrogen and oxygen atoms in total. The third-order valence-corrected chi connectivity index (χ3v) is 5.58. The molecular formula is C20H22N4O4S. The Balaban J connectivity index is 2.00. The third kappa shape index (κ3) is 4.68. The molecule has 0 fully saturated rings. The van der Waals surface area contributed by atoms with E-state index in [2.05, 4.69) is 10.2 Å². The zero-order valence-corrected chi connectivity index (χ0v) is 17.5. The monoisotopic (exact) mass is 414 g/mol. The second kappa shape index (κ2) is 8.95. The number of hydrogen-bond donors (Lipinski definition) is 0. The lowest BCUT2D eigenvalue weighted by Gasteiger charge is -2.16. The van der Waals surface area contributed by atoms with Crippen LogP contribution >= 0.6 is 11.8 Å². The molecule has 0 aliphatic carbocycles. The van der Waals surface area contributed by atoms with Gasteiger partial charge in [-0.15, -0.1) is 10.2 Å². The lowest BCUT2D eigenvalue weighted by Crippen LogP contribution is -2.11. The Kier molecular flexibility index (Phi) is 6.38. The minimum atomic E-state index is -0.475. The molecule has 0 amide bonds. The summed E-state index contributed by atoms with van der Waals surface area (Å²) < 4.78 is 12.5. The molecule has 3 rings (SSSR count). The van der Waals surface area contributed by atoms with Crippen molar-refractivity contribution in [3.63, 3.8) is 0 Å². The van der Waals surface area contributed by atoms with Crippen LogP contribution < -0.4 is 9.47 Å². The summed E-state index contributed by atoms with van der Waals surface area (Å²) in [5, 5.41) is 19.9. The van der Waals surface area contributed by atoms with Crippen LogP contribution in [0.3, 0.4) is 0 Å². The maximum Gasteiger partial charge on any atom is 0.220 e. The van der Waals surface area contributed by atoms with Gasteiger partial charge in [0.25, 0.3) is 0 Å². The second-order valence-corrected chi connectivity index (χ2v) is 7.61. The molecule has 152 valence electrons. The van der Waals surface area contributed by atoms with Gasteiger partial charge in [0.05, 0.1) is 14.2 Å². The van der Waals surface area contributed by atoms with Crippen molar-refractivity contribution in [2.45, 2.75) is 24.3 Å². The zero-order valence-electron chi connectivity index (χ0n) is 16.7. The number of ether oxygens (including phenoxy) is 2. The molecule has 9 heteroatoms. The Bertz CT molecular complexity index is 1020. The van der Waals surface area contributed by atoms with Gasteiger partial charge < -0.3 is 9.47 Å². The molecular weight excluding hydrogens is 392 g/mol. The van der Waals surface area contributed by atoms with E-state index in [9.17, 15) is 10.1 Å². The number of hydrogen-bond acceptors (Lipinski definition) is 7. The van der Waals surface area contributed by atoms with Crippen molar-refractivity contribution in [1.29, 1.82) is 0 Å². The molecule has 0 N–H and O–H groups in total. The minimum Gasteiger partial charge on any atom is -0.493 e. The summed E-state index contributed by atoms with van der Waals surface area (Å²) in [5.41, 5.74) is 2.77. The Hall–Kier alpha value is -3.07. The van der Waals surface area contributed by atoms with E-state index in [1.54, 1.807) is 19.2 Å². The first-order valence-corrected chi connectivity index (χ1v) is 9.80. The lowest BCUT2D eigenvalue weighted by atomic mass is 10.1. The molecule has 0 saturated heterocycles. The molecule has 29 heavy (non-hydrogen) atoms. The molecule has 0 bridgehead atoms. The minimum absolute atomic E-state index is 0.264. The van der Waals surface area contributed by atoms with Crippen LogP contribution in [0.1, 0.15) is 22.2 Å². The van der Waals surface area contributed by atoms with Gasteiger partial charge in [-0.25, -0.2) is 0 Å². The number of nitro groups is 1. The van der Waals surface area contributed by atoms with Crippen LogP contribution in [-0.4, -0.2) is 40.5 Å². The van der Waals surface area contributed by atoms with Gasteiger partial charge in [-0.05, 0) is 49.2 Å². The SMILES string of the molecule is COc1ccc([C@H](C[N+](=O)[O-])Sc2nnc(C)n2-c2cccc(C)c2)cc1OC. The molecule has 1 aromatic heterocycles. The van der Waals surface area contributed by atoms with Gasteiger partial charge in [0.2, 0.25) is 6.54 Å². The Morgan fingerprint density at radius 1 is 1.10 bits per heavy atom. The number of thioether (sulfide) groups is 1. The maximum absolute atomic E-state index is 11.3. The molecule has 0 spiro atoms. The molecule has 0 aliphatic heterocycles. The lowest BCUT2D eigenvalue weighted by molar-refractivity contribution is -0.479. The smallest absolute Gasteiger partial charge is 0.220 e. The van der Waals surface area contributed by atoms with Gasteiger partial charge in [-0.3, -0.25) is 14.7 Å². The number of aryl methyl sites for hydroxylation is 2. The van der Waals surface area contributed by atoms with Gasteiger partial charge in [0.15, 0.2) is 16.7 Å². The topological polar surface area (TPSA) is 92.3 Å². The summed E-state index contributed by atoms with van der Waals surface area (Å²) in [6, 6.07) is 13.3. The molecule has 0 radical (unpaired) electrons. The number of methoxy groups -OCH3 is 2. The van der Waals surface area contributed by atoms with E-state index in [-0.39, 0.29) is 11.5 Å². The highest BCUT2D eigenvalue weighted by Crippen LogP contribution is 2.39. The summed E-state index contributed by atoms with van der Waals surface area (Å²) in [7, 11) is 3.09. The Morgan fingerprint density at radius 3 is 2.52 bits per heavy atom. The number of aromatic nitrogens is 3. The maximum atomic E-state index is 11.3. The Labute approximate surface area is 173 Å². The fourth-order valence-corrected chi connectivity index (χ4v) is 4.17. The largest absolute Gasteiger partial charge is 0.493 e. The summed E-state index contributed by atoms with van der Waals surface area (Å²) in [5.74, 6) is 1.81. The molecule has 3 aromatic rings. The van der Waals surface area contributed by atoms with E-state index in [0.717, 1.165) is 16.8 Å². The van der Waals surface area contributed by atoms with Crippen LogP contribution in [0.5, 0.6) is 11.5 Å². The first-order valence-electron chi connectivity index (χ1n) is 8.92. The standard InChI is InChI=1S/C20H22N4O4S/c1-13-6-5-7-16(10-13)24-14(2)21-22-20(24)29-19(12-23(25)26)15-8-9-17(27-3)18(11-15)28-4/h5-11,19H,12H2,1-4H3/t19-/m0/s1. The van der Waals surface area contributed by atoms with Gasteiger partial charge in [0.1, 0.15) is 11.1 Å². The molecule has 2 aromatic carbocycles. The molecule has 0 unspecified atom stereocenters. The van der Waals surface area contributed by atoms with E-state index >= 15 is 0 Å². The number of rotatable bonds is 8. The predicted molar refractivity (Wildman–Crippen MR) is 111 cm³/mol. The predicted octanol–water partition coefficient (Wildman–Crippen LogP) is 4.01. The Morgan fingerprint density at radius 2 is 1.86 bits per heavy atom. The summed E-state index contributed by atoms with van der Waals surface area (Å²) in [6.45, 7) is 3.60. The quantitative estimate of drug-likeness (QED) is 0.312. The van der Waals surface area contributed by atoms with Gasteiger partial charge in [0, 0.05) is 10.6 Å². The van der Waals surface area contributed by atoms with Crippen LogP contribution in [-0.2, 0) is 0 Å². The van der Waals surface area contributed by atoms with Crippen molar-refractivity contribution < 1.29 is 14.4 Å². The summed E-state index contributed by atoms with van der Waals surface area (Å²) >= 11 is 1.30. The van der Waals surface area contributed by atoms with Crippen LogP contribution in [0.25, 0.3) is 5.69 Å². The van der Waals surface area contributed by atoms with E-state index in [4.69, 9.17) is 9.47 Å². The van der Waals surface area contributed by atoms with Gasteiger partial charge in [-0.2, -0.15) is 0 Å². The summed E-state index contributed by atoms with van der Waals surface area (Å²) in [6.07, 6.45) is 0. The number of nitrogens with zero attached hydrogens (tertiary/aromatic N) is 4. The molecule has 0 aliphatic rings. The van der Waals surface area contributed by atoms with Crippen LogP contribution in [0.15, 0.2) is 47.6 Å². The average molecular weight is 414 g/mol. The highest BCUT2D eigenvalue weighted by molar-refractivity contribution is 7.99. The molecule has 1 atom stereocenters. The van der Waals surface area contributed by atoms with Gasteiger partial charge in [-0.1, -0.05) is 30.0 Å². The molecule has 0 saturated carbocycles. The first kappa shape index (κ1) is 20.7. The zero-order chi connectivity index (χ0) is 21.0. The number of benzene rings is 2.